The van der Waals surface area contributed by atoms with E-state index in [0.29, 0.717) is 31.7 Å². The molecule has 26 heavy (non-hydrogen) atoms. The molecule has 2 heterocycles. The third-order valence-electron chi connectivity index (χ3n) is 4.63. The summed E-state index contributed by atoms with van der Waals surface area (Å²) in [6.07, 6.45) is -3.02. The highest BCUT2D eigenvalue weighted by atomic mass is 32.2. The summed E-state index contributed by atoms with van der Waals surface area (Å²) in [5.41, 5.74) is -0.158. The lowest BCUT2D eigenvalue weighted by atomic mass is 10.0. The second-order valence-electron chi connectivity index (χ2n) is 6.65. The summed E-state index contributed by atoms with van der Waals surface area (Å²) in [5, 5.41) is 1.61. The molecule has 0 saturated carbocycles. The molecule has 1 aromatic rings. The summed E-state index contributed by atoms with van der Waals surface area (Å²) >= 11 is 0. The first-order chi connectivity index (χ1) is 12.0. The maximum absolute atomic E-state index is 12.8. The molecule has 1 aromatic carbocycles. The number of nitrogens with one attached hydrogen (secondary N) is 1. The van der Waals surface area contributed by atoms with Crippen molar-refractivity contribution in [1.82, 2.24) is 9.73 Å². The molecule has 0 spiro atoms. The van der Waals surface area contributed by atoms with Gasteiger partial charge in [-0.15, -0.1) is 5.01 Å². The molecule has 3 rings (SSSR count). The number of hydrogen-bond acceptors (Lipinski definition) is 4. The molecule has 7 nitrogen and oxygen atoms in total. The van der Waals surface area contributed by atoms with Gasteiger partial charge in [0.05, 0.1) is 29.7 Å². The van der Waals surface area contributed by atoms with Crippen LogP contribution in [0.3, 0.4) is 0 Å². The predicted octanol–water partition coefficient (Wildman–Crippen LogP) is 1.42. The summed E-state index contributed by atoms with van der Waals surface area (Å²) in [6, 6.07) is 4.81. The summed E-state index contributed by atoms with van der Waals surface area (Å²) in [7, 11) is -3.37. The van der Waals surface area contributed by atoms with E-state index in [9.17, 15) is 26.5 Å². The van der Waals surface area contributed by atoms with Crippen LogP contribution in [-0.4, -0.2) is 56.9 Å². The number of rotatable bonds is 4. The average Bonchev–Trinajstić information content (AvgIpc) is 2.92. The van der Waals surface area contributed by atoms with E-state index in [2.05, 4.69) is 4.72 Å². The minimum absolute atomic E-state index is 0.160. The van der Waals surface area contributed by atoms with Gasteiger partial charge in [0.15, 0.2) is 6.17 Å². The monoisotopic (exact) mass is 393 g/mol. The molecule has 2 atom stereocenters. The van der Waals surface area contributed by atoms with E-state index in [1.54, 1.807) is 5.01 Å². The fraction of sp³-hybridized carbons (Fsp3) is 0.600. The first-order valence-corrected chi connectivity index (χ1v) is 10.0. The Hall–Kier alpha value is -1.88. The lowest BCUT2D eigenvalue weighted by Crippen LogP contribution is -2.57. The van der Waals surface area contributed by atoms with Gasteiger partial charge in [0.2, 0.25) is 16.6 Å². The van der Waals surface area contributed by atoms with E-state index in [-0.39, 0.29) is 18.6 Å². The van der Waals surface area contributed by atoms with Crippen molar-refractivity contribution in [1.29, 1.82) is 0 Å². The Kier molecular flexibility index (Phi) is 4.86. The van der Waals surface area contributed by atoms with Crippen molar-refractivity contribution in [2.75, 3.05) is 37.3 Å². The van der Waals surface area contributed by atoms with Crippen LogP contribution in [0, 0.1) is 10.8 Å². The molecule has 1 N–H and O–H groups in total. The molecular weight excluding hydrogens is 373 g/mol. The Balaban J connectivity index is 1.82. The third kappa shape index (κ3) is 4.09. The molecule has 0 radical (unpaired) electrons. The highest BCUT2D eigenvalue weighted by molar-refractivity contribution is 7.88. The maximum atomic E-state index is 12.8. The number of anilines is 1. The van der Waals surface area contributed by atoms with Crippen molar-refractivity contribution < 1.29 is 26.5 Å². The molecule has 11 heteroatoms. The normalized spacial score (nSPS) is 24.1. The molecule has 0 amide bonds. The topological polar surface area (TPSA) is 72.7 Å². The first kappa shape index (κ1) is 18.9. The Bertz CT molecular complexity index is 782. The number of nitroso groups, excluding NO2 is 1. The number of halogens is 3. The zero-order chi connectivity index (χ0) is 19.1. The molecule has 2 unspecified atom stereocenters. The van der Waals surface area contributed by atoms with Crippen molar-refractivity contribution >= 4 is 15.7 Å². The molecular formula is C15H20F3N4O3S+. The molecule has 0 aliphatic carbocycles. The summed E-state index contributed by atoms with van der Waals surface area (Å²) < 4.78 is 63.4. The molecule has 0 aromatic heterocycles. The van der Waals surface area contributed by atoms with Crippen molar-refractivity contribution in [3.8, 4) is 0 Å². The number of benzene rings is 1. The molecule has 2 aliphatic heterocycles. The van der Waals surface area contributed by atoms with Crippen LogP contribution in [0.4, 0.5) is 18.9 Å². The van der Waals surface area contributed by atoms with Crippen molar-refractivity contribution in [3.63, 3.8) is 0 Å². The van der Waals surface area contributed by atoms with E-state index >= 15 is 0 Å². The number of hydrogen-bond donors (Lipinski definition) is 1. The Morgan fingerprint density at radius 2 is 1.88 bits per heavy atom. The van der Waals surface area contributed by atoms with E-state index < -0.39 is 21.8 Å². The van der Waals surface area contributed by atoms with Gasteiger partial charge in [-0.25, -0.2) is 13.1 Å². The number of alkyl halides is 3. The molecule has 2 aliphatic rings. The van der Waals surface area contributed by atoms with Gasteiger partial charge in [0.25, 0.3) is 0 Å². The minimum Gasteiger partial charge on any atom is -0.346 e. The van der Waals surface area contributed by atoms with Gasteiger partial charge < -0.3 is 4.90 Å². The highest BCUT2D eigenvalue weighted by Crippen LogP contribution is 2.34. The lowest BCUT2D eigenvalue weighted by Gasteiger charge is -2.40. The summed E-state index contributed by atoms with van der Waals surface area (Å²) in [5.74, 6) is -0.169. The van der Waals surface area contributed by atoms with E-state index in [1.165, 1.54) is 12.1 Å². The van der Waals surface area contributed by atoms with Crippen LogP contribution in [0.2, 0.25) is 0 Å². The van der Waals surface area contributed by atoms with Gasteiger partial charge in [-0.1, -0.05) is 0 Å². The fourth-order valence-electron chi connectivity index (χ4n) is 3.42. The van der Waals surface area contributed by atoms with Gasteiger partial charge in [0, 0.05) is 24.7 Å². The van der Waals surface area contributed by atoms with Crippen LogP contribution in [0.25, 0.3) is 0 Å². The zero-order valence-electron chi connectivity index (χ0n) is 14.1. The summed E-state index contributed by atoms with van der Waals surface area (Å²) in [6.45, 7) is 1.30. The van der Waals surface area contributed by atoms with E-state index in [1.807, 2.05) is 4.90 Å². The van der Waals surface area contributed by atoms with Crippen molar-refractivity contribution in [3.05, 3.63) is 34.7 Å². The fourth-order valence-corrected chi connectivity index (χ4v) is 3.96. The van der Waals surface area contributed by atoms with Crippen LogP contribution < -0.4 is 9.62 Å². The van der Waals surface area contributed by atoms with Crippen LogP contribution in [0.1, 0.15) is 12.0 Å². The molecule has 144 valence electrons. The van der Waals surface area contributed by atoms with Gasteiger partial charge in [0.1, 0.15) is 4.87 Å². The third-order valence-corrected chi connectivity index (χ3v) is 5.32. The average molecular weight is 393 g/mol. The van der Waals surface area contributed by atoms with E-state index in [0.717, 1.165) is 23.3 Å². The van der Waals surface area contributed by atoms with Crippen molar-refractivity contribution in [2.24, 2.45) is 5.92 Å². The van der Waals surface area contributed by atoms with Gasteiger partial charge >= 0.3 is 6.18 Å². The van der Waals surface area contributed by atoms with Gasteiger partial charge in [-0.3, -0.25) is 0 Å². The highest BCUT2D eigenvalue weighted by Gasteiger charge is 2.47. The van der Waals surface area contributed by atoms with Gasteiger partial charge in [-0.2, -0.15) is 13.2 Å². The Morgan fingerprint density at radius 3 is 2.46 bits per heavy atom. The SMILES string of the molecule is CS(=O)(=O)NCC1CN(c2ccc(C(F)(F)F)cc2)C2CC[N+](=O)N2C1. The van der Waals surface area contributed by atoms with Crippen LogP contribution >= 0.6 is 0 Å². The number of nitrogens with zero attached hydrogens (tertiary/aromatic N) is 3. The van der Waals surface area contributed by atoms with Gasteiger partial charge in [-0.05, 0) is 24.3 Å². The Labute approximate surface area is 149 Å². The maximum Gasteiger partial charge on any atom is 0.416 e. The van der Waals surface area contributed by atoms with Crippen molar-refractivity contribution in [2.45, 2.75) is 18.8 Å². The zero-order valence-corrected chi connectivity index (χ0v) is 14.9. The lowest BCUT2D eigenvalue weighted by molar-refractivity contribution is -0.692. The molecule has 2 saturated heterocycles. The predicted molar refractivity (Wildman–Crippen MR) is 88.7 cm³/mol. The van der Waals surface area contributed by atoms with E-state index in [4.69, 9.17) is 0 Å². The minimum atomic E-state index is -4.41. The molecule has 2 fully saturated rings. The van der Waals surface area contributed by atoms with Crippen LogP contribution in [0.15, 0.2) is 24.3 Å². The quantitative estimate of drug-likeness (QED) is 0.784. The smallest absolute Gasteiger partial charge is 0.346 e. The second kappa shape index (κ2) is 6.69. The Morgan fingerprint density at radius 1 is 1.23 bits per heavy atom. The second-order valence-corrected chi connectivity index (χ2v) is 8.48. The van der Waals surface area contributed by atoms with Crippen LogP contribution in [-0.2, 0) is 16.2 Å². The number of fused-ring (bicyclic) bond motifs is 1. The standard InChI is InChI=1S/C15H20F3N4O3S/c1-26(24,25)19-8-11-9-20(14-6-7-22(23)21(14)10-11)13-4-2-12(3-5-13)15(16,17)18/h2-5,11,14,19H,6-10H2,1H3/q+1. The summed E-state index contributed by atoms with van der Waals surface area (Å²) in [4.78, 5) is 14.8. The first-order valence-electron chi connectivity index (χ1n) is 8.14. The van der Waals surface area contributed by atoms with Crippen LogP contribution in [0.5, 0.6) is 0 Å². The number of hydrazine groups is 1. The largest absolute Gasteiger partial charge is 0.416 e. The number of sulfonamides is 1. The molecule has 0 bridgehead atoms.